The van der Waals surface area contributed by atoms with E-state index in [4.69, 9.17) is 0 Å². The summed E-state index contributed by atoms with van der Waals surface area (Å²) in [5.41, 5.74) is 2.01. The highest BCUT2D eigenvalue weighted by molar-refractivity contribution is 9.10. The van der Waals surface area contributed by atoms with Crippen LogP contribution >= 0.6 is 15.9 Å². The number of rotatable bonds is 3. The van der Waals surface area contributed by atoms with Crippen LogP contribution in [0.4, 0.5) is 4.39 Å². The summed E-state index contributed by atoms with van der Waals surface area (Å²) in [6.45, 7) is 2.70. The van der Waals surface area contributed by atoms with E-state index in [1.54, 1.807) is 6.92 Å². The van der Waals surface area contributed by atoms with Crippen LogP contribution in [-0.2, 0) is 6.42 Å². The van der Waals surface area contributed by atoms with Gasteiger partial charge in [0.25, 0.3) is 0 Å². The monoisotopic (exact) mass is 285 g/mol. The lowest BCUT2D eigenvalue weighted by Crippen LogP contribution is -2.23. The Morgan fingerprint density at radius 3 is 2.94 bits per heavy atom. The molecule has 2 atom stereocenters. The molecule has 1 aliphatic heterocycles. The lowest BCUT2D eigenvalue weighted by molar-refractivity contribution is 0.373. The van der Waals surface area contributed by atoms with Crippen molar-refractivity contribution in [3.8, 4) is 0 Å². The second-order valence-corrected chi connectivity index (χ2v) is 5.32. The van der Waals surface area contributed by atoms with E-state index < -0.39 is 6.17 Å². The van der Waals surface area contributed by atoms with E-state index in [1.807, 2.05) is 18.2 Å². The van der Waals surface area contributed by atoms with Gasteiger partial charge in [0.1, 0.15) is 6.17 Å². The summed E-state index contributed by atoms with van der Waals surface area (Å²) in [7, 11) is 0. The maximum atomic E-state index is 13.2. The number of benzene rings is 1. The van der Waals surface area contributed by atoms with Gasteiger partial charge in [0.2, 0.25) is 0 Å². The molecule has 0 spiro atoms. The van der Waals surface area contributed by atoms with Crippen molar-refractivity contribution >= 4 is 15.9 Å². The zero-order chi connectivity index (χ0) is 11.5. The SMILES string of the molecule is CC(F)c1ccc(CC2CCCN2)cc1Br. The zero-order valence-electron chi connectivity index (χ0n) is 9.47. The van der Waals surface area contributed by atoms with Crippen LogP contribution in [0.2, 0.25) is 0 Å². The number of alkyl halides is 1. The molecule has 1 heterocycles. The van der Waals surface area contributed by atoms with Crippen molar-refractivity contribution in [1.29, 1.82) is 0 Å². The Kier molecular flexibility index (Phi) is 3.98. The molecule has 0 bridgehead atoms. The van der Waals surface area contributed by atoms with Gasteiger partial charge in [-0.25, -0.2) is 4.39 Å². The normalized spacial score (nSPS) is 22.3. The van der Waals surface area contributed by atoms with Crippen molar-refractivity contribution in [2.75, 3.05) is 6.54 Å². The minimum absolute atomic E-state index is 0.598. The second-order valence-electron chi connectivity index (χ2n) is 4.47. The molecule has 2 rings (SSSR count). The Morgan fingerprint density at radius 2 is 2.38 bits per heavy atom. The first-order valence-electron chi connectivity index (χ1n) is 5.82. The Bertz CT molecular complexity index is 359. The molecule has 0 amide bonds. The average Bonchev–Trinajstić information content (AvgIpc) is 2.70. The highest BCUT2D eigenvalue weighted by Gasteiger charge is 2.15. The maximum absolute atomic E-state index is 13.2. The van der Waals surface area contributed by atoms with Gasteiger partial charge >= 0.3 is 0 Å². The van der Waals surface area contributed by atoms with Crippen molar-refractivity contribution in [2.45, 2.75) is 38.4 Å². The molecule has 3 heteroatoms. The fraction of sp³-hybridized carbons (Fsp3) is 0.538. The molecule has 1 aromatic carbocycles. The smallest absolute Gasteiger partial charge is 0.123 e. The van der Waals surface area contributed by atoms with E-state index in [0.717, 1.165) is 23.0 Å². The number of hydrogen-bond acceptors (Lipinski definition) is 1. The van der Waals surface area contributed by atoms with Crippen LogP contribution in [0, 0.1) is 0 Å². The molecule has 0 aliphatic carbocycles. The highest BCUT2D eigenvalue weighted by Crippen LogP contribution is 2.27. The molecular formula is C13H17BrFN. The Hall–Kier alpha value is -0.410. The van der Waals surface area contributed by atoms with Gasteiger partial charge in [-0.3, -0.25) is 0 Å². The van der Waals surface area contributed by atoms with E-state index in [1.165, 1.54) is 18.4 Å². The molecule has 0 saturated carbocycles. The van der Waals surface area contributed by atoms with Crippen LogP contribution in [0.5, 0.6) is 0 Å². The fourth-order valence-electron chi connectivity index (χ4n) is 2.24. The summed E-state index contributed by atoms with van der Waals surface area (Å²) in [6.07, 6.45) is 2.65. The molecule has 0 aromatic heterocycles. The van der Waals surface area contributed by atoms with Crippen LogP contribution in [-0.4, -0.2) is 12.6 Å². The van der Waals surface area contributed by atoms with E-state index in [2.05, 4.69) is 21.2 Å². The fourth-order valence-corrected chi connectivity index (χ4v) is 2.98. The van der Waals surface area contributed by atoms with Crippen molar-refractivity contribution in [3.63, 3.8) is 0 Å². The minimum Gasteiger partial charge on any atom is -0.314 e. The van der Waals surface area contributed by atoms with Crippen molar-refractivity contribution in [1.82, 2.24) is 5.32 Å². The second kappa shape index (κ2) is 5.28. The Morgan fingerprint density at radius 1 is 1.56 bits per heavy atom. The summed E-state index contributed by atoms with van der Waals surface area (Å²) in [5, 5.41) is 3.47. The van der Waals surface area contributed by atoms with Gasteiger partial charge in [0.05, 0.1) is 0 Å². The standard InChI is InChI=1S/C13H17BrFN/c1-9(15)12-5-4-10(8-13(12)14)7-11-3-2-6-16-11/h4-5,8-9,11,16H,2-3,6-7H2,1H3. The van der Waals surface area contributed by atoms with Gasteiger partial charge < -0.3 is 5.32 Å². The molecule has 1 nitrogen and oxygen atoms in total. The summed E-state index contributed by atoms with van der Waals surface area (Å²) in [6, 6.07) is 6.57. The lowest BCUT2D eigenvalue weighted by Gasteiger charge is -2.12. The summed E-state index contributed by atoms with van der Waals surface area (Å²) >= 11 is 3.44. The van der Waals surface area contributed by atoms with E-state index in [9.17, 15) is 4.39 Å². The maximum Gasteiger partial charge on any atom is 0.123 e. The summed E-state index contributed by atoms with van der Waals surface area (Å²) in [5.74, 6) is 0. The topological polar surface area (TPSA) is 12.0 Å². The molecule has 1 aliphatic rings. The third-order valence-corrected chi connectivity index (χ3v) is 3.82. The Labute approximate surface area is 105 Å². The third-order valence-electron chi connectivity index (χ3n) is 3.14. The van der Waals surface area contributed by atoms with Crippen LogP contribution < -0.4 is 5.32 Å². The summed E-state index contributed by atoms with van der Waals surface area (Å²) in [4.78, 5) is 0. The first-order chi connectivity index (χ1) is 7.66. The van der Waals surface area contributed by atoms with Crippen molar-refractivity contribution in [2.24, 2.45) is 0 Å². The Balaban J connectivity index is 2.08. The first-order valence-corrected chi connectivity index (χ1v) is 6.62. The van der Waals surface area contributed by atoms with E-state index in [0.29, 0.717) is 6.04 Å². The predicted octanol–water partition coefficient (Wildman–Crippen LogP) is 3.77. The van der Waals surface area contributed by atoms with Gasteiger partial charge in [-0.15, -0.1) is 0 Å². The number of halogens is 2. The molecule has 0 radical (unpaired) electrons. The highest BCUT2D eigenvalue weighted by atomic mass is 79.9. The van der Waals surface area contributed by atoms with Gasteiger partial charge in [-0.05, 0) is 49.9 Å². The largest absolute Gasteiger partial charge is 0.314 e. The molecule has 1 fully saturated rings. The van der Waals surface area contributed by atoms with Gasteiger partial charge in [0, 0.05) is 10.5 Å². The molecule has 1 saturated heterocycles. The van der Waals surface area contributed by atoms with Crippen LogP contribution in [0.25, 0.3) is 0 Å². The molecule has 1 aromatic rings. The minimum atomic E-state index is -0.909. The number of hydrogen-bond donors (Lipinski definition) is 1. The van der Waals surface area contributed by atoms with Gasteiger partial charge in [-0.1, -0.05) is 28.1 Å². The van der Waals surface area contributed by atoms with Crippen LogP contribution in [0.15, 0.2) is 22.7 Å². The van der Waals surface area contributed by atoms with Crippen LogP contribution in [0.3, 0.4) is 0 Å². The third kappa shape index (κ3) is 2.83. The van der Waals surface area contributed by atoms with Crippen LogP contribution in [0.1, 0.15) is 37.1 Å². The van der Waals surface area contributed by atoms with Crippen molar-refractivity contribution in [3.05, 3.63) is 33.8 Å². The quantitative estimate of drug-likeness (QED) is 0.891. The van der Waals surface area contributed by atoms with E-state index in [-0.39, 0.29) is 0 Å². The average molecular weight is 286 g/mol. The van der Waals surface area contributed by atoms with E-state index >= 15 is 0 Å². The number of nitrogens with one attached hydrogen (secondary N) is 1. The zero-order valence-corrected chi connectivity index (χ0v) is 11.1. The van der Waals surface area contributed by atoms with Crippen molar-refractivity contribution < 1.29 is 4.39 Å². The molecular weight excluding hydrogens is 269 g/mol. The van der Waals surface area contributed by atoms with Gasteiger partial charge in [0.15, 0.2) is 0 Å². The molecule has 88 valence electrons. The molecule has 16 heavy (non-hydrogen) atoms. The summed E-state index contributed by atoms with van der Waals surface area (Å²) < 4.78 is 14.1. The predicted molar refractivity (Wildman–Crippen MR) is 68.4 cm³/mol. The lowest BCUT2D eigenvalue weighted by atomic mass is 10.0. The molecule has 2 unspecified atom stereocenters. The first kappa shape index (κ1) is 12.1. The molecule has 1 N–H and O–H groups in total. The van der Waals surface area contributed by atoms with Gasteiger partial charge in [-0.2, -0.15) is 0 Å².